The summed E-state index contributed by atoms with van der Waals surface area (Å²) in [6.45, 7) is 2.91. The van der Waals surface area contributed by atoms with Gasteiger partial charge in [0.2, 0.25) is 0 Å². The van der Waals surface area contributed by atoms with Crippen molar-refractivity contribution in [3.05, 3.63) is 0 Å². The molecule has 0 aromatic heterocycles. The molecule has 142 valence electrons. The fourth-order valence-electron chi connectivity index (χ4n) is 3.13. The Labute approximate surface area is 146 Å². The third-order valence-corrected chi connectivity index (χ3v) is 6.68. The standard InChI is InChI=1S/C17H35N2O4P/c1-2-3-4-5-6-7-8-9-10-11-14-18-24(22,23)16-13-12-15-19(21)17(16)20/h16,21H,2-15H2,1H3,(H2,18,22,23). The summed E-state index contributed by atoms with van der Waals surface area (Å²) in [4.78, 5) is 21.8. The number of amides is 1. The summed E-state index contributed by atoms with van der Waals surface area (Å²) < 4.78 is 12.3. The van der Waals surface area contributed by atoms with Crippen LogP contribution in [0.2, 0.25) is 0 Å². The zero-order valence-corrected chi connectivity index (χ0v) is 16.0. The number of carbonyl (C=O) groups excluding carboxylic acids is 1. The van der Waals surface area contributed by atoms with Gasteiger partial charge in [0.15, 0.2) is 0 Å². The number of hydrogen-bond donors (Lipinski definition) is 3. The Bertz CT molecular complexity index is 406. The highest BCUT2D eigenvalue weighted by Crippen LogP contribution is 2.45. The molecule has 1 aliphatic rings. The third kappa shape index (κ3) is 8.11. The molecule has 6 nitrogen and oxygen atoms in total. The summed E-state index contributed by atoms with van der Waals surface area (Å²) >= 11 is 0. The summed E-state index contributed by atoms with van der Waals surface area (Å²) in [5, 5.41) is 12.6. The molecule has 0 saturated carbocycles. The van der Waals surface area contributed by atoms with Crippen molar-refractivity contribution in [1.82, 2.24) is 10.2 Å². The fraction of sp³-hybridized carbons (Fsp3) is 0.941. The van der Waals surface area contributed by atoms with Crippen molar-refractivity contribution < 1.29 is 19.5 Å². The van der Waals surface area contributed by atoms with E-state index in [1.54, 1.807) is 0 Å². The largest absolute Gasteiger partial charge is 0.333 e. The first kappa shape index (κ1) is 21.6. The summed E-state index contributed by atoms with van der Waals surface area (Å²) in [6, 6.07) is 0. The summed E-state index contributed by atoms with van der Waals surface area (Å²) in [5.74, 6) is -0.636. The van der Waals surface area contributed by atoms with Gasteiger partial charge in [0, 0.05) is 13.1 Å². The van der Waals surface area contributed by atoms with Gasteiger partial charge in [0.1, 0.15) is 5.66 Å². The maximum atomic E-state index is 12.3. The molecule has 0 aromatic rings. The number of hydrogen-bond acceptors (Lipinski definition) is 3. The molecule has 0 spiro atoms. The minimum atomic E-state index is -3.74. The van der Waals surface area contributed by atoms with Crippen LogP contribution >= 0.6 is 7.52 Å². The second-order valence-corrected chi connectivity index (χ2v) is 9.02. The third-order valence-electron chi connectivity index (χ3n) is 4.68. The van der Waals surface area contributed by atoms with Gasteiger partial charge in [0.05, 0.1) is 0 Å². The highest BCUT2D eigenvalue weighted by molar-refractivity contribution is 7.57. The van der Waals surface area contributed by atoms with Gasteiger partial charge in [0.25, 0.3) is 13.4 Å². The van der Waals surface area contributed by atoms with Crippen LogP contribution in [-0.2, 0) is 9.36 Å². The van der Waals surface area contributed by atoms with Crippen molar-refractivity contribution in [2.45, 2.75) is 89.6 Å². The topological polar surface area (TPSA) is 89.9 Å². The lowest BCUT2D eigenvalue weighted by molar-refractivity contribution is -0.169. The summed E-state index contributed by atoms with van der Waals surface area (Å²) in [7, 11) is -3.74. The number of rotatable bonds is 13. The minimum Gasteiger partial charge on any atom is -0.333 e. The smallest absolute Gasteiger partial charge is 0.279 e. The Hall–Kier alpha value is -0.420. The SMILES string of the molecule is CCCCCCCCCCCCNP(=O)(O)C1CCCN(O)C1=O. The zero-order valence-electron chi connectivity index (χ0n) is 15.1. The van der Waals surface area contributed by atoms with E-state index >= 15 is 0 Å². The summed E-state index contributed by atoms with van der Waals surface area (Å²) in [6.07, 6.45) is 13.0. The Balaban J connectivity index is 2.05. The van der Waals surface area contributed by atoms with E-state index in [1.165, 1.54) is 44.9 Å². The highest BCUT2D eigenvalue weighted by Gasteiger charge is 2.41. The van der Waals surface area contributed by atoms with Crippen molar-refractivity contribution >= 4 is 13.4 Å². The lowest BCUT2D eigenvalue weighted by Crippen LogP contribution is -2.43. The van der Waals surface area contributed by atoms with Crippen molar-refractivity contribution in [3.8, 4) is 0 Å². The minimum absolute atomic E-state index is 0.244. The molecule has 2 unspecified atom stereocenters. The van der Waals surface area contributed by atoms with Crippen LogP contribution in [0.3, 0.4) is 0 Å². The van der Waals surface area contributed by atoms with E-state index in [1.807, 2.05) is 0 Å². The zero-order chi connectivity index (χ0) is 17.8. The van der Waals surface area contributed by atoms with E-state index in [4.69, 9.17) is 0 Å². The molecule has 3 N–H and O–H groups in total. The maximum Gasteiger partial charge on any atom is 0.279 e. The van der Waals surface area contributed by atoms with Gasteiger partial charge in [-0.3, -0.25) is 14.6 Å². The van der Waals surface area contributed by atoms with Crippen LogP contribution in [0.15, 0.2) is 0 Å². The quantitative estimate of drug-likeness (QED) is 0.261. The van der Waals surface area contributed by atoms with Crippen molar-refractivity contribution in [2.24, 2.45) is 0 Å². The van der Waals surface area contributed by atoms with Crippen LogP contribution < -0.4 is 5.09 Å². The molecule has 1 rings (SSSR count). The van der Waals surface area contributed by atoms with Gasteiger partial charge in [-0.2, -0.15) is 0 Å². The maximum absolute atomic E-state index is 12.3. The second kappa shape index (κ2) is 12.0. The first-order valence-corrected chi connectivity index (χ1v) is 11.3. The molecule has 7 heteroatoms. The molecule has 1 heterocycles. The molecular weight excluding hydrogens is 327 g/mol. The number of unbranched alkanes of at least 4 members (excludes halogenated alkanes) is 9. The van der Waals surface area contributed by atoms with Crippen LogP contribution in [0.4, 0.5) is 0 Å². The van der Waals surface area contributed by atoms with Gasteiger partial charge in [-0.1, -0.05) is 64.7 Å². The number of piperidine rings is 1. The van der Waals surface area contributed by atoms with E-state index in [0.29, 0.717) is 24.4 Å². The molecule has 0 aliphatic carbocycles. The van der Waals surface area contributed by atoms with Crippen LogP contribution in [0.1, 0.15) is 84.0 Å². The first-order chi connectivity index (χ1) is 11.5. The highest BCUT2D eigenvalue weighted by atomic mass is 31.2. The van der Waals surface area contributed by atoms with Gasteiger partial charge in [-0.05, 0) is 19.3 Å². The molecule has 1 saturated heterocycles. The molecule has 1 amide bonds. The van der Waals surface area contributed by atoms with E-state index < -0.39 is 19.1 Å². The molecule has 2 atom stereocenters. The molecular formula is C17H35N2O4P. The molecule has 24 heavy (non-hydrogen) atoms. The molecule has 0 bridgehead atoms. The number of hydroxylamine groups is 2. The number of carbonyl (C=O) groups is 1. The van der Waals surface area contributed by atoms with E-state index in [9.17, 15) is 19.5 Å². The van der Waals surface area contributed by atoms with Gasteiger partial charge in [-0.25, -0.2) is 10.2 Å². The van der Waals surface area contributed by atoms with Crippen LogP contribution in [0.5, 0.6) is 0 Å². The van der Waals surface area contributed by atoms with Crippen molar-refractivity contribution in [3.63, 3.8) is 0 Å². The average molecular weight is 362 g/mol. The van der Waals surface area contributed by atoms with Crippen molar-refractivity contribution in [2.75, 3.05) is 13.1 Å². The van der Waals surface area contributed by atoms with Gasteiger partial charge < -0.3 is 4.89 Å². The second-order valence-electron chi connectivity index (χ2n) is 6.83. The van der Waals surface area contributed by atoms with Gasteiger partial charge >= 0.3 is 0 Å². The molecule has 0 aromatic carbocycles. The van der Waals surface area contributed by atoms with E-state index in [-0.39, 0.29) is 6.54 Å². The average Bonchev–Trinajstić information content (AvgIpc) is 2.55. The number of nitrogens with zero attached hydrogens (tertiary/aromatic N) is 1. The molecule has 1 aliphatic heterocycles. The lowest BCUT2D eigenvalue weighted by Gasteiger charge is -2.30. The Morgan fingerprint density at radius 3 is 2.21 bits per heavy atom. The van der Waals surface area contributed by atoms with Crippen molar-refractivity contribution in [1.29, 1.82) is 0 Å². The van der Waals surface area contributed by atoms with E-state index in [0.717, 1.165) is 19.3 Å². The van der Waals surface area contributed by atoms with E-state index in [2.05, 4.69) is 12.0 Å². The summed E-state index contributed by atoms with van der Waals surface area (Å²) in [5.41, 5.74) is -1.00. The van der Waals surface area contributed by atoms with Gasteiger partial charge in [-0.15, -0.1) is 0 Å². The number of nitrogens with one attached hydrogen (secondary N) is 1. The Kier molecular flexibility index (Phi) is 10.8. The predicted octanol–water partition coefficient (Wildman–Crippen LogP) is 4.06. The van der Waals surface area contributed by atoms with Crippen LogP contribution in [0, 0.1) is 0 Å². The Morgan fingerprint density at radius 1 is 1.08 bits per heavy atom. The normalized spacial score (nSPS) is 21.0. The monoisotopic (exact) mass is 362 g/mol. The van der Waals surface area contributed by atoms with Crippen LogP contribution in [0.25, 0.3) is 0 Å². The molecule has 1 fully saturated rings. The lowest BCUT2D eigenvalue weighted by atomic mass is 10.1. The van der Waals surface area contributed by atoms with Crippen LogP contribution in [-0.4, -0.2) is 39.8 Å². The predicted molar refractivity (Wildman–Crippen MR) is 96.2 cm³/mol. The molecule has 0 radical (unpaired) electrons. The fourth-order valence-corrected chi connectivity index (χ4v) is 4.79. The Morgan fingerprint density at radius 2 is 1.62 bits per heavy atom. The first-order valence-electron chi connectivity index (χ1n) is 9.57.